The molecule has 0 aliphatic heterocycles. The Kier molecular flexibility index (Phi) is 3.69. The summed E-state index contributed by atoms with van der Waals surface area (Å²) in [6.45, 7) is 0. The SMILES string of the molecule is [O-]OOSc1c(F)c(F)cc(F)c1F. The van der Waals surface area contributed by atoms with Crippen LogP contribution in [0, 0.1) is 23.3 Å². The second-order valence-corrected chi connectivity index (χ2v) is 2.73. The molecule has 8 heteroatoms. The summed E-state index contributed by atoms with van der Waals surface area (Å²) in [5.41, 5.74) is 0. The van der Waals surface area contributed by atoms with Crippen LogP contribution >= 0.6 is 12.0 Å². The highest BCUT2D eigenvalue weighted by Gasteiger charge is 2.20. The van der Waals surface area contributed by atoms with Gasteiger partial charge in [0.05, 0.1) is 12.0 Å². The molecule has 1 aromatic rings. The summed E-state index contributed by atoms with van der Waals surface area (Å²) in [6, 6.07) is 0.0345. The Hall–Kier alpha value is -0.830. The standard InChI is InChI=1S/C6H2F4O3S/c7-2-1-3(8)5(10)6(4(2)9)14-13-12-11/h1,11H/p-1. The topological polar surface area (TPSA) is 41.5 Å². The quantitative estimate of drug-likeness (QED) is 0.259. The van der Waals surface area contributed by atoms with Crippen molar-refractivity contribution in [1.29, 1.82) is 0 Å². The number of hydrogen-bond donors (Lipinski definition) is 0. The monoisotopic (exact) mass is 229 g/mol. The normalized spacial score (nSPS) is 10.6. The molecule has 0 N–H and O–H groups in total. The van der Waals surface area contributed by atoms with Crippen LogP contribution < -0.4 is 5.26 Å². The van der Waals surface area contributed by atoms with Crippen molar-refractivity contribution < 1.29 is 32.2 Å². The number of halogens is 4. The van der Waals surface area contributed by atoms with Gasteiger partial charge >= 0.3 is 0 Å². The van der Waals surface area contributed by atoms with Crippen LogP contribution in [0.25, 0.3) is 0 Å². The van der Waals surface area contributed by atoms with Crippen LogP contribution in [0.15, 0.2) is 11.0 Å². The lowest BCUT2D eigenvalue weighted by Crippen LogP contribution is -2.03. The maximum atomic E-state index is 12.7. The molecule has 0 aliphatic carbocycles. The van der Waals surface area contributed by atoms with Gasteiger partial charge in [-0.15, -0.1) is 0 Å². The highest BCUT2D eigenvalue weighted by molar-refractivity contribution is 7.94. The molecule has 0 saturated carbocycles. The van der Waals surface area contributed by atoms with Gasteiger partial charge in [-0.05, 0) is 0 Å². The van der Waals surface area contributed by atoms with Gasteiger partial charge in [0, 0.05) is 6.07 Å². The van der Waals surface area contributed by atoms with E-state index in [4.69, 9.17) is 0 Å². The summed E-state index contributed by atoms with van der Waals surface area (Å²) in [5, 5.41) is 12.1. The summed E-state index contributed by atoms with van der Waals surface area (Å²) in [6.07, 6.45) is 0. The molecule has 3 nitrogen and oxygen atoms in total. The fraction of sp³-hybridized carbons (Fsp3) is 0. The maximum absolute atomic E-state index is 12.7. The fourth-order valence-corrected chi connectivity index (χ4v) is 1.11. The van der Waals surface area contributed by atoms with Gasteiger partial charge in [0.2, 0.25) is 0 Å². The van der Waals surface area contributed by atoms with Gasteiger partial charge in [-0.25, -0.2) is 17.6 Å². The van der Waals surface area contributed by atoms with E-state index < -0.39 is 28.2 Å². The Bertz CT molecular complexity index is 320. The molecule has 0 spiro atoms. The van der Waals surface area contributed by atoms with Gasteiger partial charge in [-0.2, -0.15) is 4.33 Å². The molecule has 78 valence electrons. The summed E-state index contributed by atoms with van der Waals surface area (Å²) in [4.78, 5) is -1.13. The molecule has 14 heavy (non-hydrogen) atoms. The van der Waals surface area contributed by atoms with Crippen LogP contribution in [0.4, 0.5) is 17.6 Å². The smallest absolute Gasteiger partial charge is 0.177 e. The van der Waals surface area contributed by atoms with E-state index >= 15 is 0 Å². The number of hydrogen-bond acceptors (Lipinski definition) is 4. The first kappa shape index (κ1) is 11.2. The molecule has 0 radical (unpaired) electrons. The van der Waals surface area contributed by atoms with Gasteiger partial charge in [-0.1, -0.05) is 0 Å². The Morgan fingerprint density at radius 2 is 1.57 bits per heavy atom. The molecule has 0 heterocycles. The number of benzene rings is 1. The average Bonchev–Trinajstić information content (AvgIpc) is 2.15. The van der Waals surface area contributed by atoms with E-state index in [1.165, 1.54) is 0 Å². The van der Waals surface area contributed by atoms with Crippen molar-refractivity contribution in [2.75, 3.05) is 0 Å². The van der Waals surface area contributed by atoms with Crippen LogP contribution in [0.3, 0.4) is 0 Å². The van der Waals surface area contributed by atoms with E-state index in [0.29, 0.717) is 0 Å². The second-order valence-electron chi connectivity index (χ2n) is 2.02. The van der Waals surface area contributed by atoms with E-state index in [1.807, 2.05) is 0 Å². The Morgan fingerprint density at radius 1 is 1.07 bits per heavy atom. The molecule has 0 aromatic heterocycles. The predicted molar refractivity (Wildman–Crippen MR) is 34.3 cm³/mol. The summed E-state index contributed by atoms with van der Waals surface area (Å²) < 4.78 is 53.9. The third kappa shape index (κ3) is 2.15. The van der Waals surface area contributed by atoms with Gasteiger partial charge in [-0.3, -0.25) is 5.04 Å². The van der Waals surface area contributed by atoms with Gasteiger partial charge < -0.3 is 5.26 Å². The van der Waals surface area contributed by atoms with E-state index in [-0.39, 0.29) is 18.1 Å². The Labute approximate surface area is 79.3 Å². The molecule has 0 bridgehead atoms. The summed E-state index contributed by atoms with van der Waals surface area (Å²) >= 11 is -0.263. The lowest BCUT2D eigenvalue weighted by atomic mass is 10.3. The van der Waals surface area contributed by atoms with Crippen molar-refractivity contribution in [2.24, 2.45) is 0 Å². The zero-order chi connectivity index (χ0) is 10.7. The summed E-state index contributed by atoms with van der Waals surface area (Å²) in [5.74, 6) is -6.52. The first-order chi connectivity index (χ1) is 6.57. The van der Waals surface area contributed by atoms with Crippen LogP contribution in [-0.4, -0.2) is 0 Å². The average molecular weight is 229 g/mol. The van der Waals surface area contributed by atoms with Crippen LogP contribution in [0.1, 0.15) is 0 Å². The van der Waals surface area contributed by atoms with Crippen molar-refractivity contribution in [1.82, 2.24) is 0 Å². The molecule has 0 unspecified atom stereocenters. The van der Waals surface area contributed by atoms with E-state index in [9.17, 15) is 22.8 Å². The van der Waals surface area contributed by atoms with Crippen molar-refractivity contribution in [3.05, 3.63) is 29.3 Å². The van der Waals surface area contributed by atoms with Gasteiger partial charge in [0.1, 0.15) is 4.90 Å². The van der Waals surface area contributed by atoms with Crippen molar-refractivity contribution in [2.45, 2.75) is 4.90 Å². The minimum Gasteiger partial charge on any atom is -0.691 e. The maximum Gasteiger partial charge on any atom is 0.177 e. The van der Waals surface area contributed by atoms with E-state index in [2.05, 4.69) is 9.37 Å². The first-order valence-electron chi connectivity index (χ1n) is 3.04. The zero-order valence-electron chi connectivity index (χ0n) is 6.22. The molecule has 0 aliphatic rings. The molecular formula is C6HF4O3S-. The molecule has 0 amide bonds. The van der Waals surface area contributed by atoms with Crippen molar-refractivity contribution in [3.63, 3.8) is 0 Å². The summed E-state index contributed by atoms with van der Waals surface area (Å²) in [7, 11) is 0. The van der Waals surface area contributed by atoms with Crippen molar-refractivity contribution in [3.8, 4) is 0 Å². The van der Waals surface area contributed by atoms with Crippen LogP contribution in [-0.2, 0) is 9.37 Å². The number of rotatable bonds is 3. The second kappa shape index (κ2) is 4.60. The molecule has 1 aromatic carbocycles. The van der Waals surface area contributed by atoms with Crippen LogP contribution in [0.2, 0.25) is 0 Å². The largest absolute Gasteiger partial charge is 0.691 e. The Balaban J connectivity index is 3.11. The predicted octanol–water partition coefficient (Wildman–Crippen LogP) is 1.47. The highest BCUT2D eigenvalue weighted by Crippen LogP contribution is 2.29. The molecule has 0 saturated heterocycles. The minimum absolute atomic E-state index is 0.0345. The van der Waals surface area contributed by atoms with Gasteiger partial charge in [0.25, 0.3) is 0 Å². The van der Waals surface area contributed by atoms with Crippen molar-refractivity contribution >= 4 is 12.0 Å². The lowest BCUT2D eigenvalue weighted by molar-refractivity contribution is -0.777. The molecule has 0 atom stereocenters. The highest BCUT2D eigenvalue weighted by atomic mass is 32.2. The Morgan fingerprint density at radius 3 is 2.00 bits per heavy atom. The third-order valence-corrected chi connectivity index (χ3v) is 1.87. The molecular weight excluding hydrogens is 228 g/mol. The molecule has 1 rings (SSSR count). The molecule has 0 fully saturated rings. The fourth-order valence-electron chi connectivity index (χ4n) is 0.672. The van der Waals surface area contributed by atoms with Gasteiger partial charge in [0.15, 0.2) is 23.3 Å². The zero-order valence-corrected chi connectivity index (χ0v) is 7.04. The third-order valence-electron chi connectivity index (χ3n) is 1.22. The van der Waals surface area contributed by atoms with E-state index in [1.54, 1.807) is 0 Å². The van der Waals surface area contributed by atoms with E-state index in [0.717, 1.165) is 0 Å². The van der Waals surface area contributed by atoms with Crippen LogP contribution in [0.5, 0.6) is 0 Å². The first-order valence-corrected chi connectivity index (χ1v) is 3.78. The lowest BCUT2D eigenvalue weighted by Gasteiger charge is -2.06. The minimum atomic E-state index is -1.66.